The lowest BCUT2D eigenvalue weighted by Gasteiger charge is -2.14. The van der Waals surface area contributed by atoms with Gasteiger partial charge in [0.25, 0.3) is 0 Å². The van der Waals surface area contributed by atoms with Crippen molar-refractivity contribution in [2.45, 2.75) is 12.8 Å². The average Bonchev–Trinajstić information content (AvgIpc) is 2.08. The van der Waals surface area contributed by atoms with Crippen molar-refractivity contribution in [1.29, 1.82) is 0 Å². The first-order valence-corrected chi connectivity index (χ1v) is 4.62. The Labute approximate surface area is 95.3 Å². The Hall–Kier alpha value is -1.05. The van der Waals surface area contributed by atoms with Gasteiger partial charge in [-0.25, -0.2) is 0 Å². The summed E-state index contributed by atoms with van der Waals surface area (Å²) < 4.78 is 64.7. The van der Waals surface area contributed by atoms with E-state index < -0.39 is 24.1 Å². The van der Waals surface area contributed by atoms with Crippen LogP contribution in [0.1, 0.15) is 5.56 Å². The minimum atomic E-state index is -4.79. The Kier molecular flexibility index (Phi) is 3.61. The maximum Gasteiger partial charge on any atom is 0.420 e. The molecule has 0 saturated carbocycles. The standard InChI is InChI=1S/C8H5BrF5NO/c9-4-1-3(8(12,13)14)6(2-5(4)15)16-7(10)11/h1-2,7H,15H2. The minimum absolute atomic E-state index is 0.0403. The number of anilines is 1. The smallest absolute Gasteiger partial charge is 0.420 e. The fraction of sp³-hybridized carbons (Fsp3) is 0.250. The lowest BCUT2D eigenvalue weighted by atomic mass is 10.2. The van der Waals surface area contributed by atoms with E-state index in [2.05, 4.69) is 20.7 Å². The Morgan fingerprint density at radius 1 is 1.25 bits per heavy atom. The van der Waals surface area contributed by atoms with Gasteiger partial charge in [0.15, 0.2) is 0 Å². The van der Waals surface area contributed by atoms with Gasteiger partial charge in [-0.05, 0) is 22.0 Å². The van der Waals surface area contributed by atoms with E-state index in [1.807, 2.05) is 0 Å². The van der Waals surface area contributed by atoms with Gasteiger partial charge in [0, 0.05) is 16.2 Å². The molecule has 0 amide bonds. The summed E-state index contributed by atoms with van der Waals surface area (Å²) in [6.45, 7) is -3.35. The zero-order chi connectivity index (χ0) is 12.5. The second kappa shape index (κ2) is 4.44. The fourth-order valence-corrected chi connectivity index (χ4v) is 1.33. The van der Waals surface area contributed by atoms with Crippen LogP contribution in [0.4, 0.5) is 27.6 Å². The highest BCUT2D eigenvalue weighted by atomic mass is 79.9. The zero-order valence-electron chi connectivity index (χ0n) is 7.49. The lowest BCUT2D eigenvalue weighted by Crippen LogP contribution is -2.12. The zero-order valence-corrected chi connectivity index (χ0v) is 9.07. The Morgan fingerprint density at radius 2 is 1.81 bits per heavy atom. The van der Waals surface area contributed by atoms with E-state index in [9.17, 15) is 22.0 Å². The summed E-state index contributed by atoms with van der Waals surface area (Å²) in [6, 6.07) is 1.28. The lowest BCUT2D eigenvalue weighted by molar-refractivity contribution is -0.141. The van der Waals surface area contributed by atoms with Crippen LogP contribution in [-0.4, -0.2) is 6.61 Å². The quantitative estimate of drug-likeness (QED) is 0.668. The predicted molar refractivity (Wildman–Crippen MR) is 50.2 cm³/mol. The molecular weight excluding hydrogens is 301 g/mol. The van der Waals surface area contributed by atoms with Gasteiger partial charge in [0.05, 0.1) is 5.56 Å². The third kappa shape index (κ3) is 2.97. The van der Waals surface area contributed by atoms with Crippen molar-refractivity contribution in [3.8, 4) is 5.75 Å². The highest BCUT2D eigenvalue weighted by Gasteiger charge is 2.35. The van der Waals surface area contributed by atoms with Crippen molar-refractivity contribution in [1.82, 2.24) is 0 Å². The van der Waals surface area contributed by atoms with Crippen LogP contribution in [0.3, 0.4) is 0 Å². The molecule has 0 radical (unpaired) electrons. The summed E-state index contributed by atoms with van der Waals surface area (Å²) in [5, 5.41) is 0. The van der Waals surface area contributed by atoms with Gasteiger partial charge < -0.3 is 10.5 Å². The van der Waals surface area contributed by atoms with Crippen molar-refractivity contribution < 1.29 is 26.7 Å². The average molecular weight is 306 g/mol. The number of halogens is 6. The van der Waals surface area contributed by atoms with Crippen molar-refractivity contribution in [3.05, 3.63) is 22.2 Å². The number of nitrogen functional groups attached to an aromatic ring is 1. The number of hydrogen-bond acceptors (Lipinski definition) is 2. The number of ether oxygens (including phenoxy) is 1. The molecule has 0 aliphatic rings. The molecule has 0 spiro atoms. The third-order valence-electron chi connectivity index (χ3n) is 1.62. The van der Waals surface area contributed by atoms with E-state index >= 15 is 0 Å². The summed E-state index contributed by atoms with van der Waals surface area (Å²) in [4.78, 5) is 0. The van der Waals surface area contributed by atoms with E-state index in [4.69, 9.17) is 5.73 Å². The summed E-state index contributed by atoms with van der Waals surface area (Å²) >= 11 is 2.77. The number of hydrogen-bond donors (Lipinski definition) is 1. The second-order valence-electron chi connectivity index (χ2n) is 2.75. The molecule has 0 unspecified atom stereocenters. The first kappa shape index (κ1) is 13.0. The van der Waals surface area contributed by atoms with E-state index in [0.717, 1.165) is 0 Å². The fourth-order valence-electron chi connectivity index (χ4n) is 0.984. The summed E-state index contributed by atoms with van der Waals surface area (Å²) in [7, 11) is 0. The summed E-state index contributed by atoms with van der Waals surface area (Å²) in [5.74, 6) is -0.997. The molecule has 16 heavy (non-hydrogen) atoms. The maximum absolute atomic E-state index is 12.4. The Balaban J connectivity index is 3.28. The largest absolute Gasteiger partial charge is 0.434 e. The molecule has 2 nitrogen and oxygen atoms in total. The van der Waals surface area contributed by atoms with E-state index in [0.29, 0.717) is 12.1 Å². The van der Waals surface area contributed by atoms with Gasteiger partial charge in [-0.2, -0.15) is 22.0 Å². The van der Waals surface area contributed by atoms with E-state index in [1.165, 1.54) is 0 Å². The molecule has 8 heteroatoms. The van der Waals surface area contributed by atoms with Crippen molar-refractivity contribution in [2.75, 3.05) is 5.73 Å². The van der Waals surface area contributed by atoms with Crippen molar-refractivity contribution in [2.24, 2.45) is 0 Å². The highest BCUT2D eigenvalue weighted by molar-refractivity contribution is 9.10. The van der Waals surface area contributed by atoms with Gasteiger partial charge in [-0.1, -0.05) is 0 Å². The highest BCUT2D eigenvalue weighted by Crippen LogP contribution is 2.40. The minimum Gasteiger partial charge on any atom is -0.434 e. The first-order valence-electron chi connectivity index (χ1n) is 3.83. The molecule has 0 fully saturated rings. The third-order valence-corrected chi connectivity index (χ3v) is 2.31. The van der Waals surface area contributed by atoms with Crippen molar-refractivity contribution >= 4 is 21.6 Å². The topological polar surface area (TPSA) is 35.2 Å². The molecule has 90 valence electrons. The molecule has 0 aliphatic heterocycles. The number of rotatable bonds is 2. The SMILES string of the molecule is Nc1cc(OC(F)F)c(C(F)(F)F)cc1Br. The molecule has 0 bridgehead atoms. The molecule has 0 aliphatic carbocycles. The van der Waals surface area contributed by atoms with Gasteiger partial charge >= 0.3 is 12.8 Å². The van der Waals surface area contributed by atoms with Crippen LogP contribution < -0.4 is 10.5 Å². The van der Waals surface area contributed by atoms with Gasteiger partial charge in [-0.3, -0.25) is 0 Å². The molecule has 2 N–H and O–H groups in total. The van der Waals surface area contributed by atoms with Crippen LogP contribution in [0.25, 0.3) is 0 Å². The second-order valence-corrected chi connectivity index (χ2v) is 3.60. The normalized spacial score (nSPS) is 11.9. The summed E-state index contributed by atoms with van der Waals surface area (Å²) in [6.07, 6.45) is -4.79. The van der Waals surface area contributed by atoms with Gasteiger partial charge in [-0.15, -0.1) is 0 Å². The molecular formula is C8H5BrF5NO. The molecule has 1 aromatic carbocycles. The van der Waals surface area contributed by atoms with Crippen LogP contribution in [0.15, 0.2) is 16.6 Å². The van der Waals surface area contributed by atoms with Crippen molar-refractivity contribution in [3.63, 3.8) is 0 Å². The van der Waals surface area contributed by atoms with Crippen LogP contribution >= 0.6 is 15.9 Å². The summed E-state index contributed by atoms with van der Waals surface area (Å²) in [5.41, 5.74) is 3.84. The van der Waals surface area contributed by atoms with E-state index in [-0.39, 0.29) is 10.2 Å². The van der Waals surface area contributed by atoms with Gasteiger partial charge in [0.2, 0.25) is 0 Å². The molecule has 0 saturated heterocycles. The molecule has 1 rings (SSSR count). The number of nitrogens with two attached hydrogens (primary N) is 1. The molecule has 1 aromatic rings. The first-order chi connectivity index (χ1) is 7.21. The number of alkyl halides is 5. The predicted octanol–water partition coefficient (Wildman–Crippen LogP) is 3.65. The van der Waals surface area contributed by atoms with Crippen LogP contribution in [0.5, 0.6) is 5.75 Å². The van der Waals surface area contributed by atoms with Gasteiger partial charge in [0.1, 0.15) is 5.75 Å². The number of benzene rings is 1. The maximum atomic E-state index is 12.4. The Bertz CT molecular complexity index is 393. The van der Waals surface area contributed by atoms with Crippen LogP contribution in [0, 0.1) is 0 Å². The molecule has 0 aromatic heterocycles. The van der Waals surface area contributed by atoms with Crippen LogP contribution in [-0.2, 0) is 6.18 Å². The molecule has 0 heterocycles. The van der Waals surface area contributed by atoms with E-state index in [1.54, 1.807) is 0 Å². The molecule has 0 atom stereocenters. The Morgan fingerprint density at radius 3 is 2.25 bits per heavy atom. The van der Waals surface area contributed by atoms with Crippen LogP contribution in [0.2, 0.25) is 0 Å². The monoisotopic (exact) mass is 305 g/mol.